The van der Waals surface area contributed by atoms with Gasteiger partial charge in [0.2, 0.25) is 5.91 Å². The number of halogens is 3. The number of anilines is 1. The second-order valence-electron chi connectivity index (χ2n) is 6.98. The normalized spacial score (nSPS) is 11.2. The Hall–Kier alpha value is -2.25. The van der Waals surface area contributed by atoms with Gasteiger partial charge in [-0.15, -0.1) is 0 Å². The molecule has 0 aliphatic heterocycles. The van der Waals surface area contributed by atoms with Crippen LogP contribution in [0.2, 0.25) is 15.1 Å². The third-order valence-corrected chi connectivity index (χ3v) is 7.53. The molecule has 32 heavy (non-hydrogen) atoms. The van der Waals surface area contributed by atoms with Crippen molar-refractivity contribution < 1.29 is 13.2 Å². The first kappa shape index (κ1) is 24.4. The van der Waals surface area contributed by atoms with Crippen LogP contribution in [0.4, 0.5) is 5.69 Å². The quantitative estimate of drug-likeness (QED) is 0.381. The van der Waals surface area contributed by atoms with Gasteiger partial charge in [0.1, 0.15) is 6.54 Å². The van der Waals surface area contributed by atoms with Gasteiger partial charge < -0.3 is 5.32 Å². The van der Waals surface area contributed by atoms with Crippen LogP contribution < -0.4 is 9.62 Å². The molecule has 0 aromatic heterocycles. The van der Waals surface area contributed by atoms with E-state index in [0.29, 0.717) is 18.0 Å². The molecule has 3 aromatic carbocycles. The molecule has 0 aliphatic rings. The summed E-state index contributed by atoms with van der Waals surface area (Å²) in [5.41, 5.74) is 1.24. The first-order chi connectivity index (χ1) is 15.3. The maximum absolute atomic E-state index is 13.3. The zero-order chi connectivity index (χ0) is 23.1. The molecule has 5 nitrogen and oxygen atoms in total. The molecule has 0 aliphatic carbocycles. The molecular weight excluding hydrogens is 491 g/mol. The van der Waals surface area contributed by atoms with Gasteiger partial charge in [-0.1, -0.05) is 71.2 Å². The molecule has 0 spiro atoms. The van der Waals surface area contributed by atoms with Crippen LogP contribution in [0.5, 0.6) is 0 Å². The number of carbonyl (C=O) groups is 1. The van der Waals surface area contributed by atoms with E-state index in [4.69, 9.17) is 34.8 Å². The van der Waals surface area contributed by atoms with E-state index in [1.807, 2.05) is 24.3 Å². The number of amides is 1. The Balaban J connectivity index is 1.73. The third kappa shape index (κ3) is 6.17. The summed E-state index contributed by atoms with van der Waals surface area (Å²) < 4.78 is 27.6. The van der Waals surface area contributed by atoms with E-state index in [1.165, 1.54) is 18.2 Å². The van der Waals surface area contributed by atoms with Crippen LogP contribution in [0.15, 0.2) is 77.7 Å². The number of nitrogens with one attached hydrogen (secondary N) is 1. The van der Waals surface area contributed by atoms with Crippen LogP contribution in [0.1, 0.15) is 12.0 Å². The van der Waals surface area contributed by atoms with Gasteiger partial charge >= 0.3 is 0 Å². The molecule has 9 heteroatoms. The van der Waals surface area contributed by atoms with E-state index in [9.17, 15) is 13.2 Å². The van der Waals surface area contributed by atoms with Crippen LogP contribution in [-0.2, 0) is 21.2 Å². The Bertz CT molecular complexity index is 1170. The second kappa shape index (κ2) is 11.1. The second-order valence-corrected chi connectivity index (χ2v) is 10.1. The number of carbonyl (C=O) groups excluding carboxylic acids is 1. The predicted octanol–water partition coefficient (Wildman–Crippen LogP) is 5.59. The van der Waals surface area contributed by atoms with Gasteiger partial charge in [-0.3, -0.25) is 9.10 Å². The van der Waals surface area contributed by atoms with Gasteiger partial charge in [-0.2, -0.15) is 0 Å². The van der Waals surface area contributed by atoms with Crippen molar-refractivity contribution in [2.24, 2.45) is 0 Å². The lowest BCUT2D eigenvalue weighted by atomic mass is 10.1. The van der Waals surface area contributed by atoms with E-state index >= 15 is 0 Å². The van der Waals surface area contributed by atoms with Gasteiger partial charge in [0.15, 0.2) is 0 Å². The zero-order valence-corrected chi connectivity index (χ0v) is 20.1. The van der Waals surface area contributed by atoms with E-state index in [-0.39, 0.29) is 20.6 Å². The molecule has 3 aromatic rings. The molecular formula is C23H21Cl3N2O3S. The van der Waals surface area contributed by atoms with Gasteiger partial charge in [0.05, 0.1) is 20.6 Å². The molecule has 1 N–H and O–H groups in total. The fraction of sp³-hybridized carbons (Fsp3) is 0.174. The maximum atomic E-state index is 13.3. The van der Waals surface area contributed by atoms with Crippen molar-refractivity contribution in [2.45, 2.75) is 17.7 Å². The van der Waals surface area contributed by atoms with Crippen LogP contribution in [0.25, 0.3) is 0 Å². The van der Waals surface area contributed by atoms with Crippen LogP contribution in [0.3, 0.4) is 0 Å². The minimum absolute atomic E-state index is 0.0478. The number of hydrogen-bond acceptors (Lipinski definition) is 3. The summed E-state index contributed by atoms with van der Waals surface area (Å²) >= 11 is 18.3. The molecule has 0 saturated carbocycles. The molecule has 0 heterocycles. The fourth-order valence-electron chi connectivity index (χ4n) is 3.06. The highest BCUT2D eigenvalue weighted by Crippen LogP contribution is 2.35. The lowest BCUT2D eigenvalue weighted by Crippen LogP contribution is -2.41. The average molecular weight is 512 g/mol. The van der Waals surface area contributed by atoms with Crippen molar-refractivity contribution in [3.8, 4) is 0 Å². The minimum atomic E-state index is -4.05. The lowest BCUT2D eigenvalue weighted by molar-refractivity contribution is -0.119. The Morgan fingerprint density at radius 1 is 0.875 bits per heavy atom. The zero-order valence-electron chi connectivity index (χ0n) is 17.0. The highest BCUT2D eigenvalue weighted by atomic mass is 35.5. The number of sulfonamides is 1. The first-order valence-corrected chi connectivity index (χ1v) is 12.4. The molecule has 0 atom stereocenters. The van der Waals surface area contributed by atoms with E-state index < -0.39 is 22.5 Å². The van der Waals surface area contributed by atoms with Gasteiger partial charge in [-0.05, 0) is 54.8 Å². The Morgan fingerprint density at radius 3 is 2.25 bits per heavy atom. The SMILES string of the molecule is O=C(CN(c1cccc(Cl)c1Cl)S(=O)(=O)c1ccccc1)NCCCc1ccc(Cl)cc1. The smallest absolute Gasteiger partial charge is 0.264 e. The molecule has 0 bridgehead atoms. The van der Waals surface area contributed by atoms with Gasteiger partial charge in [-0.25, -0.2) is 8.42 Å². The molecule has 0 fully saturated rings. The predicted molar refractivity (Wildman–Crippen MR) is 130 cm³/mol. The van der Waals surface area contributed by atoms with Gasteiger partial charge in [0.25, 0.3) is 10.0 Å². The first-order valence-electron chi connectivity index (χ1n) is 9.82. The number of aryl methyl sites for hydroxylation is 1. The summed E-state index contributed by atoms with van der Waals surface area (Å²) in [6.07, 6.45) is 1.44. The monoisotopic (exact) mass is 510 g/mol. The summed E-state index contributed by atoms with van der Waals surface area (Å²) in [5.74, 6) is -0.448. The van der Waals surface area contributed by atoms with Crippen LogP contribution in [-0.4, -0.2) is 27.4 Å². The van der Waals surface area contributed by atoms with E-state index in [0.717, 1.165) is 16.3 Å². The molecule has 168 valence electrons. The summed E-state index contributed by atoms with van der Waals surface area (Å²) in [6, 6.07) is 20.0. The lowest BCUT2D eigenvalue weighted by Gasteiger charge is -2.25. The fourth-order valence-corrected chi connectivity index (χ4v) is 5.09. The number of benzene rings is 3. The average Bonchev–Trinajstić information content (AvgIpc) is 2.79. The van der Waals surface area contributed by atoms with E-state index in [2.05, 4.69) is 5.32 Å². The number of rotatable bonds is 9. The van der Waals surface area contributed by atoms with Crippen LogP contribution >= 0.6 is 34.8 Å². The van der Waals surface area contributed by atoms with Gasteiger partial charge in [0, 0.05) is 11.6 Å². The minimum Gasteiger partial charge on any atom is -0.355 e. The Kier molecular flexibility index (Phi) is 8.43. The third-order valence-electron chi connectivity index (χ3n) is 4.70. The van der Waals surface area contributed by atoms with Crippen molar-refractivity contribution in [3.05, 3.63) is 93.4 Å². The summed E-state index contributed by atoms with van der Waals surface area (Å²) in [7, 11) is -4.05. The van der Waals surface area contributed by atoms with Crippen molar-refractivity contribution in [1.82, 2.24) is 5.32 Å². The topological polar surface area (TPSA) is 66.5 Å². The van der Waals surface area contributed by atoms with Crippen molar-refractivity contribution in [2.75, 3.05) is 17.4 Å². The summed E-state index contributed by atoms with van der Waals surface area (Å²) in [4.78, 5) is 12.7. The Labute approximate surface area is 203 Å². The van der Waals surface area contributed by atoms with Crippen molar-refractivity contribution in [3.63, 3.8) is 0 Å². The Morgan fingerprint density at radius 2 is 1.56 bits per heavy atom. The molecule has 0 unspecified atom stereocenters. The highest BCUT2D eigenvalue weighted by molar-refractivity contribution is 7.92. The van der Waals surface area contributed by atoms with Crippen molar-refractivity contribution >= 4 is 56.4 Å². The standard InChI is InChI=1S/C23H21Cl3N2O3S/c24-18-13-11-17(12-14-18)6-5-15-27-22(29)16-28(21-10-4-9-20(25)23(21)26)32(30,31)19-7-2-1-3-8-19/h1-4,7-14H,5-6,15-16H2,(H,27,29). The highest BCUT2D eigenvalue weighted by Gasteiger charge is 2.29. The van der Waals surface area contributed by atoms with Crippen LogP contribution in [0, 0.1) is 0 Å². The molecule has 3 rings (SSSR count). The van der Waals surface area contributed by atoms with Crippen molar-refractivity contribution in [1.29, 1.82) is 0 Å². The van der Waals surface area contributed by atoms with E-state index in [1.54, 1.807) is 30.3 Å². The molecule has 0 radical (unpaired) electrons. The molecule has 0 saturated heterocycles. The number of hydrogen-bond donors (Lipinski definition) is 1. The molecule has 1 amide bonds. The number of nitrogens with zero attached hydrogens (tertiary/aromatic N) is 1. The summed E-state index contributed by atoms with van der Waals surface area (Å²) in [5, 5.41) is 3.70. The maximum Gasteiger partial charge on any atom is 0.264 e. The summed E-state index contributed by atoms with van der Waals surface area (Å²) in [6.45, 7) is -0.0395. The largest absolute Gasteiger partial charge is 0.355 e.